The smallest absolute Gasteiger partial charge is 0.430 e. The number of carbonyl (C=O) groups excluding carboxylic acids is 3. The Bertz CT molecular complexity index is 1470. The SMILES string of the molecule is CCN(CC)C(OC(=O)C(F)(F)F)C(=O)N[C@@H]1CC[C@@H](C(=O)NC(c2ccc(F)cc2)c2ccc(F)cc2)[C@H](c2ccc(Br)cc2)C1. The predicted octanol–water partition coefficient (Wildman–Crippen LogP) is 6.78. The number of amides is 2. The number of rotatable bonds is 11. The molecule has 0 heterocycles. The van der Waals surface area contributed by atoms with Crippen molar-refractivity contribution in [2.45, 2.75) is 63.5 Å². The number of carbonyl (C=O) groups is 3. The fourth-order valence-electron chi connectivity index (χ4n) is 5.90. The van der Waals surface area contributed by atoms with Crippen molar-refractivity contribution in [1.29, 1.82) is 0 Å². The minimum Gasteiger partial charge on any atom is -0.430 e. The minimum atomic E-state index is -5.27. The van der Waals surface area contributed by atoms with Crippen LogP contribution in [0.3, 0.4) is 0 Å². The Labute approximate surface area is 278 Å². The van der Waals surface area contributed by atoms with Gasteiger partial charge >= 0.3 is 12.1 Å². The van der Waals surface area contributed by atoms with E-state index in [0.717, 1.165) is 10.0 Å². The molecule has 1 saturated carbocycles. The summed E-state index contributed by atoms with van der Waals surface area (Å²) in [7, 11) is 0. The molecule has 4 rings (SSSR count). The summed E-state index contributed by atoms with van der Waals surface area (Å²) < 4.78 is 72.0. The van der Waals surface area contributed by atoms with Gasteiger partial charge in [-0.2, -0.15) is 13.2 Å². The second kappa shape index (κ2) is 15.8. The molecular formula is C34H35BrF5N3O4. The minimum absolute atomic E-state index is 0.150. The van der Waals surface area contributed by atoms with Crippen LogP contribution in [0, 0.1) is 17.6 Å². The zero-order valence-corrected chi connectivity index (χ0v) is 27.3. The van der Waals surface area contributed by atoms with Gasteiger partial charge in [-0.1, -0.05) is 66.2 Å². The Morgan fingerprint density at radius 2 is 1.40 bits per heavy atom. The number of halogens is 6. The highest BCUT2D eigenvalue weighted by Gasteiger charge is 2.45. The molecule has 0 radical (unpaired) electrons. The van der Waals surface area contributed by atoms with E-state index in [2.05, 4.69) is 31.3 Å². The van der Waals surface area contributed by atoms with E-state index in [1.54, 1.807) is 38.1 Å². The number of alkyl halides is 3. The number of hydrogen-bond donors (Lipinski definition) is 2. The highest BCUT2D eigenvalue weighted by molar-refractivity contribution is 9.10. The van der Waals surface area contributed by atoms with Crippen LogP contribution < -0.4 is 10.6 Å². The van der Waals surface area contributed by atoms with Crippen LogP contribution in [0.1, 0.15) is 61.8 Å². The molecule has 47 heavy (non-hydrogen) atoms. The first-order chi connectivity index (χ1) is 22.3. The van der Waals surface area contributed by atoms with E-state index in [1.807, 2.05) is 24.3 Å². The van der Waals surface area contributed by atoms with Crippen LogP contribution in [-0.2, 0) is 19.1 Å². The van der Waals surface area contributed by atoms with Gasteiger partial charge in [0.25, 0.3) is 5.91 Å². The van der Waals surface area contributed by atoms with Gasteiger partial charge in [-0.3, -0.25) is 14.5 Å². The van der Waals surface area contributed by atoms with E-state index < -0.39 is 59.8 Å². The van der Waals surface area contributed by atoms with E-state index in [9.17, 15) is 36.3 Å². The standard InChI is InChI=1S/C34H35BrF5N3O4/c1-3-43(4-2)32(47-33(46)34(38,39)40)31(45)41-26-17-18-27(28(19-26)20-5-11-23(35)12-6-20)30(44)42-29(21-7-13-24(36)14-8-21)22-9-15-25(37)16-10-22/h5-16,26-29,32H,3-4,17-19H2,1-2H3,(H,41,45)(H,42,44)/t26-,27-,28+,32?/m1/s1. The monoisotopic (exact) mass is 723 g/mol. The van der Waals surface area contributed by atoms with Crippen molar-refractivity contribution >= 4 is 33.7 Å². The normalized spacial score (nSPS) is 18.9. The van der Waals surface area contributed by atoms with Gasteiger partial charge in [-0.05, 0) is 91.4 Å². The lowest BCUT2D eigenvalue weighted by atomic mass is 9.72. The maximum absolute atomic E-state index is 14.0. The van der Waals surface area contributed by atoms with Gasteiger partial charge in [0.2, 0.25) is 12.1 Å². The van der Waals surface area contributed by atoms with Crippen LogP contribution in [0.5, 0.6) is 0 Å². The molecule has 4 atom stereocenters. The molecule has 0 bridgehead atoms. The number of esters is 1. The molecule has 2 N–H and O–H groups in total. The van der Waals surface area contributed by atoms with Gasteiger partial charge < -0.3 is 15.4 Å². The lowest BCUT2D eigenvalue weighted by Crippen LogP contribution is -2.54. The lowest BCUT2D eigenvalue weighted by Gasteiger charge is -2.38. The van der Waals surface area contributed by atoms with Crippen LogP contribution in [0.4, 0.5) is 22.0 Å². The summed E-state index contributed by atoms with van der Waals surface area (Å²) in [5.41, 5.74) is 1.97. The van der Waals surface area contributed by atoms with Crippen molar-refractivity contribution in [1.82, 2.24) is 15.5 Å². The first kappa shape index (κ1) is 36.0. The molecule has 2 amide bonds. The summed E-state index contributed by atoms with van der Waals surface area (Å²) in [5, 5.41) is 5.82. The Morgan fingerprint density at radius 3 is 1.89 bits per heavy atom. The first-order valence-corrected chi connectivity index (χ1v) is 16.0. The highest BCUT2D eigenvalue weighted by Crippen LogP contribution is 2.39. The van der Waals surface area contributed by atoms with Gasteiger partial charge in [0, 0.05) is 16.4 Å². The fraction of sp³-hybridized carbons (Fsp3) is 0.382. The first-order valence-electron chi connectivity index (χ1n) is 15.2. The van der Waals surface area contributed by atoms with Crippen LogP contribution in [0.15, 0.2) is 77.3 Å². The van der Waals surface area contributed by atoms with Gasteiger partial charge in [0.1, 0.15) is 11.6 Å². The van der Waals surface area contributed by atoms with Crippen LogP contribution in [0.25, 0.3) is 0 Å². The van der Waals surface area contributed by atoms with Gasteiger partial charge in [0.15, 0.2) is 0 Å². The van der Waals surface area contributed by atoms with Crippen molar-refractivity contribution < 1.29 is 41.1 Å². The van der Waals surface area contributed by atoms with E-state index >= 15 is 0 Å². The predicted molar refractivity (Wildman–Crippen MR) is 168 cm³/mol. The zero-order valence-electron chi connectivity index (χ0n) is 25.7. The summed E-state index contributed by atoms with van der Waals surface area (Å²) in [4.78, 5) is 40.3. The number of benzene rings is 3. The maximum Gasteiger partial charge on any atom is 0.490 e. The highest BCUT2D eigenvalue weighted by atomic mass is 79.9. The summed E-state index contributed by atoms with van der Waals surface area (Å²) >= 11 is 3.41. The second-order valence-electron chi connectivity index (χ2n) is 11.3. The van der Waals surface area contributed by atoms with Crippen LogP contribution in [-0.4, -0.2) is 54.2 Å². The molecule has 13 heteroatoms. The molecule has 1 aliphatic rings. The molecule has 0 spiro atoms. The van der Waals surface area contributed by atoms with Gasteiger partial charge in [-0.25, -0.2) is 13.6 Å². The van der Waals surface area contributed by atoms with Gasteiger partial charge in [-0.15, -0.1) is 0 Å². The van der Waals surface area contributed by atoms with E-state index in [0.29, 0.717) is 24.0 Å². The lowest BCUT2D eigenvalue weighted by molar-refractivity contribution is -0.213. The number of likely N-dealkylation sites (N-methyl/N-ethyl adjacent to an activating group) is 1. The third-order valence-electron chi connectivity index (χ3n) is 8.34. The van der Waals surface area contributed by atoms with Crippen molar-refractivity contribution in [3.05, 3.63) is 106 Å². The van der Waals surface area contributed by atoms with Gasteiger partial charge in [0.05, 0.1) is 6.04 Å². The Morgan fingerprint density at radius 1 is 0.872 bits per heavy atom. The van der Waals surface area contributed by atoms with E-state index in [1.165, 1.54) is 29.2 Å². The molecule has 0 saturated heterocycles. The summed E-state index contributed by atoms with van der Waals surface area (Å²) in [6.45, 7) is 3.56. The average Bonchev–Trinajstić information content (AvgIpc) is 3.04. The maximum atomic E-state index is 14.0. The molecule has 0 aromatic heterocycles. The van der Waals surface area contributed by atoms with E-state index in [4.69, 9.17) is 0 Å². The third-order valence-corrected chi connectivity index (χ3v) is 8.87. The number of nitrogens with zero attached hydrogens (tertiary/aromatic N) is 1. The quantitative estimate of drug-likeness (QED) is 0.130. The number of hydrogen-bond acceptors (Lipinski definition) is 5. The Hall–Kier alpha value is -3.84. The topological polar surface area (TPSA) is 87.7 Å². The number of ether oxygens (including phenoxy) is 1. The van der Waals surface area contributed by atoms with Crippen LogP contribution in [0.2, 0.25) is 0 Å². The zero-order chi connectivity index (χ0) is 34.3. The van der Waals surface area contributed by atoms with Crippen molar-refractivity contribution in [2.24, 2.45) is 5.92 Å². The van der Waals surface area contributed by atoms with Crippen molar-refractivity contribution in [2.75, 3.05) is 13.1 Å². The summed E-state index contributed by atoms with van der Waals surface area (Å²) in [6.07, 6.45) is -6.19. The molecule has 1 unspecified atom stereocenters. The largest absolute Gasteiger partial charge is 0.490 e. The number of nitrogens with one attached hydrogen (secondary N) is 2. The second-order valence-corrected chi connectivity index (χ2v) is 12.2. The Kier molecular flexibility index (Phi) is 12.1. The molecule has 7 nitrogen and oxygen atoms in total. The summed E-state index contributed by atoms with van der Waals surface area (Å²) in [5.74, 6) is -5.59. The van der Waals surface area contributed by atoms with E-state index in [-0.39, 0.29) is 25.4 Å². The molecule has 3 aromatic carbocycles. The average molecular weight is 725 g/mol. The Balaban J connectivity index is 1.59. The fourth-order valence-corrected chi connectivity index (χ4v) is 6.17. The molecular weight excluding hydrogens is 689 g/mol. The van der Waals surface area contributed by atoms with Crippen molar-refractivity contribution in [3.63, 3.8) is 0 Å². The molecule has 0 aliphatic heterocycles. The van der Waals surface area contributed by atoms with Crippen LogP contribution >= 0.6 is 15.9 Å². The van der Waals surface area contributed by atoms with Crippen molar-refractivity contribution in [3.8, 4) is 0 Å². The third kappa shape index (κ3) is 9.38. The molecule has 1 fully saturated rings. The molecule has 1 aliphatic carbocycles. The molecule has 3 aromatic rings. The molecule has 252 valence electrons. The summed E-state index contributed by atoms with van der Waals surface area (Å²) in [6, 6.07) is 17.3.